The third-order valence-corrected chi connectivity index (χ3v) is 3.61. The van der Waals surface area contributed by atoms with Crippen molar-refractivity contribution in [3.05, 3.63) is 65.9 Å². The van der Waals surface area contributed by atoms with Crippen LogP contribution in [0.25, 0.3) is 10.9 Å². The van der Waals surface area contributed by atoms with E-state index in [1.807, 2.05) is 30.3 Å². The van der Waals surface area contributed by atoms with Gasteiger partial charge in [-0.2, -0.15) is 0 Å². The number of fused-ring (bicyclic) bond motifs is 1. The zero-order valence-corrected chi connectivity index (χ0v) is 13.2. The molecule has 0 saturated carbocycles. The van der Waals surface area contributed by atoms with E-state index in [4.69, 9.17) is 9.47 Å². The molecule has 122 valence electrons. The second-order valence-electron chi connectivity index (χ2n) is 5.23. The maximum atomic E-state index is 12.1. The Morgan fingerprint density at radius 2 is 1.88 bits per heavy atom. The molecule has 3 aromatic rings. The molecular formula is C19H17NO4. The van der Waals surface area contributed by atoms with Gasteiger partial charge in [-0.15, -0.1) is 0 Å². The number of esters is 1. The summed E-state index contributed by atoms with van der Waals surface area (Å²) >= 11 is 0. The second-order valence-corrected chi connectivity index (χ2v) is 5.23. The number of nitrogens with one attached hydrogen (secondary N) is 1. The molecule has 0 saturated heterocycles. The Labute approximate surface area is 139 Å². The third kappa shape index (κ3) is 3.30. The van der Waals surface area contributed by atoms with Gasteiger partial charge in [0, 0.05) is 23.2 Å². The molecule has 3 rings (SSSR count). The lowest BCUT2D eigenvalue weighted by Gasteiger charge is -2.06. The molecule has 2 aromatic carbocycles. The van der Waals surface area contributed by atoms with Gasteiger partial charge in [0.2, 0.25) is 0 Å². The number of aromatic amines is 1. The van der Waals surface area contributed by atoms with Crippen LogP contribution in [0.2, 0.25) is 0 Å². The van der Waals surface area contributed by atoms with Gasteiger partial charge in [0.05, 0.1) is 12.2 Å². The molecule has 0 unspecified atom stereocenters. The number of hydrogen-bond acceptors (Lipinski definition) is 4. The first kappa shape index (κ1) is 15.8. The predicted octanol–water partition coefficient (Wildman–Crippen LogP) is 3.49. The van der Waals surface area contributed by atoms with Crippen molar-refractivity contribution in [2.45, 2.75) is 13.5 Å². The molecule has 0 aliphatic rings. The summed E-state index contributed by atoms with van der Waals surface area (Å²) in [6.45, 7) is 2.29. The minimum Gasteiger partial charge on any atom is -0.489 e. The van der Waals surface area contributed by atoms with Gasteiger partial charge in [-0.25, -0.2) is 4.79 Å². The van der Waals surface area contributed by atoms with E-state index in [2.05, 4.69) is 4.98 Å². The van der Waals surface area contributed by atoms with Crippen molar-refractivity contribution in [2.24, 2.45) is 0 Å². The summed E-state index contributed by atoms with van der Waals surface area (Å²) in [4.78, 5) is 26.7. The first-order valence-electron chi connectivity index (χ1n) is 7.68. The number of Topliss-reactive ketones (excluding diaryl/α,β-unsaturated/α-hetero) is 1. The highest BCUT2D eigenvalue weighted by Crippen LogP contribution is 2.24. The zero-order chi connectivity index (χ0) is 16.9. The number of carbonyl (C=O) groups is 2. The molecule has 5 nitrogen and oxygen atoms in total. The fourth-order valence-corrected chi connectivity index (χ4v) is 2.43. The van der Waals surface area contributed by atoms with E-state index >= 15 is 0 Å². The summed E-state index contributed by atoms with van der Waals surface area (Å²) in [7, 11) is 0. The van der Waals surface area contributed by atoms with Crippen LogP contribution in [0.1, 0.15) is 22.8 Å². The van der Waals surface area contributed by atoms with Gasteiger partial charge in [0.25, 0.3) is 5.78 Å². The number of ketones is 1. The van der Waals surface area contributed by atoms with Gasteiger partial charge in [0.1, 0.15) is 12.4 Å². The molecule has 1 aromatic heterocycles. The Kier molecular flexibility index (Phi) is 4.61. The number of rotatable bonds is 6. The van der Waals surface area contributed by atoms with Crippen LogP contribution in [0.4, 0.5) is 0 Å². The van der Waals surface area contributed by atoms with Gasteiger partial charge in [0.15, 0.2) is 0 Å². The first-order chi connectivity index (χ1) is 11.7. The Bertz CT molecular complexity index is 867. The van der Waals surface area contributed by atoms with Crippen molar-refractivity contribution in [2.75, 3.05) is 6.61 Å². The highest BCUT2D eigenvalue weighted by atomic mass is 16.5. The fraction of sp³-hybridized carbons (Fsp3) is 0.158. The molecular weight excluding hydrogens is 306 g/mol. The molecule has 0 aliphatic carbocycles. The lowest BCUT2D eigenvalue weighted by Crippen LogP contribution is -2.17. The summed E-state index contributed by atoms with van der Waals surface area (Å²) in [5, 5.41) is 0.667. The first-order valence-corrected chi connectivity index (χ1v) is 7.68. The molecule has 5 heteroatoms. The van der Waals surface area contributed by atoms with Crippen molar-refractivity contribution in [1.29, 1.82) is 0 Å². The molecule has 24 heavy (non-hydrogen) atoms. The number of benzene rings is 2. The lowest BCUT2D eigenvalue weighted by atomic mass is 10.1. The van der Waals surface area contributed by atoms with E-state index < -0.39 is 11.8 Å². The van der Waals surface area contributed by atoms with Crippen LogP contribution in [0, 0.1) is 0 Å². The van der Waals surface area contributed by atoms with Crippen LogP contribution in [-0.4, -0.2) is 23.3 Å². The SMILES string of the molecule is CCOC(=O)C(=O)c1c[nH]c2cc(OCc3ccccc3)ccc12. The van der Waals surface area contributed by atoms with Gasteiger partial charge in [-0.05, 0) is 24.6 Å². The summed E-state index contributed by atoms with van der Waals surface area (Å²) in [6, 6.07) is 15.2. The summed E-state index contributed by atoms with van der Waals surface area (Å²) in [5.74, 6) is -0.813. The molecule has 0 bridgehead atoms. The minimum absolute atomic E-state index is 0.171. The van der Waals surface area contributed by atoms with Gasteiger partial charge < -0.3 is 14.5 Å². The third-order valence-electron chi connectivity index (χ3n) is 3.61. The Morgan fingerprint density at radius 3 is 2.62 bits per heavy atom. The number of carbonyl (C=O) groups excluding carboxylic acids is 2. The lowest BCUT2D eigenvalue weighted by molar-refractivity contribution is -0.137. The van der Waals surface area contributed by atoms with E-state index in [0.29, 0.717) is 23.3 Å². The maximum absolute atomic E-state index is 12.1. The van der Waals surface area contributed by atoms with Gasteiger partial charge in [-0.1, -0.05) is 30.3 Å². The van der Waals surface area contributed by atoms with Crippen LogP contribution in [-0.2, 0) is 16.1 Å². The molecule has 0 radical (unpaired) electrons. The van der Waals surface area contributed by atoms with Crippen LogP contribution < -0.4 is 4.74 Å². The average molecular weight is 323 g/mol. The normalized spacial score (nSPS) is 10.5. The molecule has 1 heterocycles. The van der Waals surface area contributed by atoms with E-state index in [0.717, 1.165) is 11.1 Å². The quantitative estimate of drug-likeness (QED) is 0.428. The Morgan fingerprint density at radius 1 is 1.08 bits per heavy atom. The van der Waals surface area contributed by atoms with Gasteiger partial charge >= 0.3 is 5.97 Å². The Hall–Kier alpha value is -3.08. The van der Waals surface area contributed by atoms with Crippen LogP contribution in [0.15, 0.2) is 54.7 Å². The molecule has 1 N–H and O–H groups in total. The number of H-pyrrole nitrogens is 1. The number of ether oxygens (including phenoxy) is 2. The topological polar surface area (TPSA) is 68.4 Å². The van der Waals surface area contributed by atoms with E-state index in [1.165, 1.54) is 6.20 Å². The van der Waals surface area contributed by atoms with Crippen LogP contribution >= 0.6 is 0 Å². The second kappa shape index (κ2) is 7.00. The monoisotopic (exact) mass is 323 g/mol. The van der Waals surface area contributed by atoms with Crippen molar-refractivity contribution >= 4 is 22.7 Å². The summed E-state index contributed by atoms with van der Waals surface area (Å²) in [5.41, 5.74) is 2.11. The van der Waals surface area contributed by atoms with Crippen LogP contribution in [0.3, 0.4) is 0 Å². The zero-order valence-electron chi connectivity index (χ0n) is 13.2. The standard InChI is InChI=1S/C19H17NO4/c1-2-23-19(22)18(21)16-11-20-17-10-14(8-9-15(16)17)24-12-13-6-4-3-5-7-13/h3-11,20H,2,12H2,1H3. The molecule has 0 fully saturated rings. The van der Waals surface area contributed by atoms with E-state index in [1.54, 1.807) is 25.1 Å². The molecule has 0 atom stereocenters. The van der Waals surface area contributed by atoms with E-state index in [9.17, 15) is 9.59 Å². The molecule has 0 amide bonds. The molecule has 0 spiro atoms. The minimum atomic E-state index is -0.845. The van der Waals surface area contributed by atoms with Crippen molar-refractivity contribution in [3.8, 4) is 5.75 Å². The molecule has 0 aliphatic heterocycles. The number of hydrogen-bond donors (Lipinski definition) is 1. The summed E-state index contributed by atoms with van der Waals surface area (Å²) < 4.78 is 10.5. The van der Waals surface area contributed by atoms with Crippen LogP contribution in [0.5, 0.6) is 5.75 Å². The van der Waals surface area contributed by atoms with E-state index in [-0.39, 0.29) is 6.61 Å². The number of aromatic nitrogens is 1. The average Bonchev–Trinajstić information content (AvgIpc) is 3.03. The maximum Gasteiger partial charge on any atom is 0.379 e. The largest absolute Gasteiger partial charge is 0.489 e. The smallest absolute Gasteiger partial charge is 0.379 e. The van der Waals surface area contributed by atoms with Crippen molar-refractivity contribution in [1.82, 2.24) is 4.98 Å². The van der Waals surface area contributed by atoms with Gasteiger partial charge in [-0.3, -0.25) is 4.79 Å². The highest BCUT2D eigenvalue weighted by Gasteiger charge is 2.21. The van der Waals surface area contributed by atoms with Crippen molar-refractivity contribution < 1.29 is 19.1 Å². The summed E-state index contributed by atoms with van der Waals surface area (Å²) in [6.07, 6.45) is 1.52. The Balaban J connectivity index is 1.78. The fourth-order valence-electron chi connectivity index (χ4n) is 2.43. The highest BCUT2D eigenvalue weighted by molar-refractivity contribution is 6.43. The predicted molar refractivity (Wildman–Crippen MR) is 90.0 cm³/mol. The van der Waals surface area contributed by atoms with Crippen molar-refractivity contribution in [3.63, 3.8) is 0 Å².